The van der Waals surface area contributed by atoms with Crippen LogP contribution in [0.25, 0.3) is 0 Å². The molecule has 2 rings (SSSR count). The summed E-state index contributed by atoms with van der Waals surface area (Å²) in [5.41, 5.74) is 1.21. The van der Waals surface area contributed by atoms with Gasteiger partial charge in [-0.2, -0.15) is 5.10 Å². The molecule has 1 fully saturated rings. The molecule has 2 nitrogen and oxygen atoms in total. The van der Waals surface area contributed by atoms with Crippen LogP contribution in [0.1, 0.15) is 63.6 Å². The Labute approximate surface area is 109 Å². The van der Waals surface area contributed by atoms with Crippen molar-refractivity contribution in [3.05, 3.63) is 18.0 Å². The van der Waals surface area contributed by atoms with Crippen LogP contribution in [0.5, 0.6) is 0 Å². The van der Waals surface area contributed by atoms with E-state index < -0.39 is 0 Å². The molecule has 1 aromatic rings. The summed E-state index contributed by atoms with van der Waals surface area (Å²) in [6, 6.07) is 2.82. The molecule has 1 heterocycles. The van der Waals surface area contributed by atoms with Gasteiger partial charge in [-0.25, -0.2) is 0 Å². The maximum atomic E-state index is 6.23. The lowest BCUT2D eigenvalue weighted by Crippen LogP contribution is -2.06. The number of nitrogens with zero attached hydrogens (tertiary/aromatic N) is 2. The molecule has 0 saturated heterocycles. The Morgan fingerprint density at radius 3 is 2.88 bits per heavy atom. The normalized spacial score (nSPS) is 18.7. The van der Waals surface area contributed by atoms with Crippen molar-refractivity contribution in [2.45, 2.75) is 69.7 Å². The Bertz CT molecular complexity index is 329. The fourth-order valence-corrected chi connectivity index (χ4v) is 2.97. The van der Waals surface area contributed by atoms with Crippen LogP contribution >= 0.6 is 11.6 Å². The Hall–Kier alpha value is -0.500. The molecular weight excluding hydrogens is 232 g/mol. The first-order valence-corrected chi connectivity index (χ1v) is 7.41. The summed E-state index contributed by atoms with van der Waals surface area (Å²) in [6.07, 6.45) is 11.8. The summed E-state index contributed by atoms with van der Waals surface area (Å²) in [5.74, 6) is 0. The average Bonchev–Trinajstić information content (AvgIpc) is 2.97. The van der Waals surface area contributed by atoms with Gasteiger partial charge in [-0.3, -0.25) is 4.68 Å². The number of hydrogen-bond acceptors (Lipinski definition) is 1. The molecule has 1 unspecified atom stereocenters. The van der Waals surface area contributed by atoms with Crippen LogP contribution in [0.4, 0.5) is 0 Å². The highest BCUT2D eigenvalue weighted by Gasteiger charge is 2.17. The minimum atomic E-state index is 0.316. The molecule has 0 aromatic carbocycles. The van der Waals surface area contributed by atoms with Crippen LogP contribution in [0, 0.1) is 0 Å². The van der Waals surface area contributed by atoms with E-state index >= 15 is 0 Å². The van der Waals surface area contributed by atoms with Crippen molar-refractivity contribution in [1.82, 2.24) is 9.78 Å². The first-order valence-electron chi connectivity index (χ1n) is 6.97. The van der Waals surface area contributed by atoms with Crippen LogP contribution < -0.4 is 0 Å². The largest absolute Gasteiger partial charge is 0.269 e. The van der Waals surface area contributed by atoms with Gasteiger partial charge < -0.3 is 0 Å². The highest BCUT2D eigenvalue weighted by molar-refractivity contribution is 6.20. The third-order valence-corrected chi connectivity index (χ3v) is 4.11. The average molecular weight is 255 g/mol. The van der Waals surface area contributed by atoms with Gasteiger partial charge in [0.25, 0.3) is 0 Å². The van der Waals surface area contributed by atoms with Crippen LogP contribution in [0.15, 0.2) is 12.3 Å². The Morgan fingerprint density at radius 1 is 1.41 bits per heavy atom. The number of halogens is 1. The minimum Gasteiger partial charge on any atom is -0.269 e. The standard InChI is InChI=1S/C14H23ClN2/c1-2-5-12(15)8-9-13-10-11-17(16-13)14-6-3-4-7-14/h10-12,14H,2-9H2,1H3. The quantitative estimate of drug-likeness (QED) is 0.691. The molecule has 17 heavy (non-hydrogen) atoms. The molecule has 3 heteroatoms. The number of aromatic nitrogens is 2. The highest BCUT2D eigenvalue weighted by atomic mass is 35.5. The first kappa shape index (κ1) is 12.9. The monoisotopic (exact) mass is 254 g/mol. The highest BCUT2D eigenvalue weighted by Crippen LogP contribution is 2.28. The van der Waals surface area contributed by atoms with Gasteiger partial charge in [0.2, 0.25) is 0 Å². The van der Waals surface area contributed by atoms with E-state index in [2.05, 4.69) is 29.0 Å². The number of hydrogen-bond donors (Lipinski definition) is 0. The zero-order valence-electron chi connectivity index (χ0n) is 10.7. The van der Waals surface area contributed by atoms with E-state index in [-0.39, 0.29) is 0 Å². The van der Waals surface area contributed by atoms with E-state index in [1.165, 1.54) is 37.8 Å². The van der Waals surface area contributed by atoms with Crippen LogP contribution in [-0.4, -0.2) is 15.2 Å². The molecule has 1 aliphatic rings. The topological polar surface area (TPSA) is 17.8 Å². The van der Waals surface area contributed by atoms with E-state index in [1.807, 2.05) is 0 Å². The lowest BCUT2D eigenvalue weighted by molar-refractivity contribution is 0.462. The van der Waals surface area contributed by atoms with Crippen molar-refractivity contribution in [2.75, 3.05) is 0 Å². The molecule has 0 aliphatic heterocycles. The molecule has 0 amide bonds. The SMILES string of the molecule is CCCC(Cl)CCc1ccn(C2CCCC2)n1. The summed E-state index contributed by atoms with van der Waals surface area (Å²) in [7, 11) is 0. The molecule has 1 aromatic heterocycles. The van der Waals surface area contributed by atoms with Gasteiger partial charge in [0.15, 0.2) is 0 Å². The summed E-state index contributed by atoms with van der Waals surface area (Å²) in [4.78, 5) is 0. The van der Waals surface area contributed by atoms with Crippen LogP contribution in [0.2, 0.25) is 0 Å². The maximum absolute atomic E-state index is 6.23. The number of rotatable bonds is 6. The van der Waals surface area contributed by atoms with Crippen molar-refractivity contribution in [1.29, 1.82) is 0 Å². The fourth-order valence-electron chi connectivity index (χ4n) is 2.64. The summed E-state index contributed by atoms with van der Waals surface area (Å²) in [6.45, 7) is 2.18. The first-order chi connectivity index (χ1) is 8.29. The predicted octanol–water partition coefficient (Wildman–Crippen LogP) is 4.34. The Balaban J connectivity index is 1.81. The van der Waals surface area contributed by atoms with Crippen molar-refractivity contribution < 1.29 is 0 Å². The second-order valence-corrected chi connectivity index (χ2v) is 5.77. The fraction of sp³-hybridized carbons (Fsp3) is 0.786. The predicted molar refractivity (Wildman–Crippen MR) is 72.6 cm³/mol. The molecular formula is C14H23ClN2. The lowest BCUT2D eigenvalue weighted by Gasteiger charge is -2.09. The molecule has 96 valence electrons. The molecule has 0 N–H and O–H groups in total. The molecule has 0 radical (unpaired) electrons. The molecule has 0 bridgehead atoms. The Morgan fingerprint density at radius 2 is 2.18 bits per heavy atom. The van der Waals surface area contributed by atoms with Gasteiger partial charge in [-0.15, -0.1) is 11.6 Å². The van der Waals surface area contributed by atoms with Gasteiger partial charge >= 0.3 is 0 Å². The second kappa shape index (κ2) is 6.44. The molecule has 1 saturated carbocycles. The number of alkyl halides is 1. The molecule has 1 atom stereocenters. The number of aryl methyl sites for hydroxylation is 1. The van der Waals surface area contributed by atoms with Gasteiger partial charge in [0, 0.05) is 11.6 Å². The van der Waals surface area contributed by atoms with Crippen molar-refractivity contribution >= 4 is 11.6 Å². The third kappa shape index (κ3) is 3.74. The summed E-state index contributed by atoms with van der Waals surface area (Å²) >= 11 is 6.23. The van der Waals surface area contributed by atoms with E-state index in [0.29, 0.717) is 11.4 Å². The maximum Gasteiger partial charge on any atom is 0.0625 e. The smallest absolute Gasteiger partial charge is 0.0625 e. The summed E-state index contributed by atoms with van der Waals surface area (Å²) < 4.78 is 2.17. The van der Waals surface area contributed by atoms with E-state index in [4.69, 9.17) is 11.6 Å². The zero-order chi connectivity index (χ0) is 12.1. The van der Waals surface area contributed by atoms with E-state index in [0.717, 1.165) is 19.3 Å². The van der Waals surface area contributed by atoms with Gasteiger partial charge in [-0.05, 0) is 38.2 Å². The van der Waals surface area contributed by atoms with Gasteiger partial charge in [0.05, 0.1) is 11.7 Å². The molecule has 1 aliphatic carbocycles. The van der Waals surface area contributed by atoms with Crippen molar-refractivity contribution in [3.8, 4) is 0 Å². The minimum absolute atomic E-state index is 0.316. The molecule has 0 spiro atoms. The van der Waals surface area contributed by atoms with Crippen molar-refractivity contribution in [2.24, 2.45) is 0 Å². The lowest BCUT2D eigenvalue weighted by atomic mass is 10.1. The van der Waals surface area contributed by atoms with Gasteiger partial charge in [-0.1, -0.05) is 26.2 Å². The van der Waals surface area contributed by atoms with Crippen LogP contribution in [0.3, 0.4) is 0 Å². The van der Waals surface area contributed by atoms with Crippen LogP contribution in [-0.2, 0) is 6.42 Å². The summed E-state index contributed by atoms with van der Waals surface area (Å²) in [5, 5.41) is 5.00. The third-order valence-electron chi connectivity index (χ3n) is 3.68. The second-order valence-electron chi connectivity index (χ2n) is 5.15. The van der Waals surface area contributed by atoms with E-state index in [1.54, 1.807) is 0 Å². The van der Waals surface area contributed by atoms with Gasteiger partial charge in [0.1, 0.15) is 0 Å². The Kier molecular flexibility index (Phi) is 4.90. The van der Waals surface area contributed by atoms with Crippen molar-refractivity contribution in [3.63, 3.8) is 0 Å². The zero-order valence-corrected chi connectivity index (χ0v) is 11.5. The van der Waals surface area contributed by atoms with E-state index in [9.17, 15) is 0 Å².